The van der Waals surface area contributed by atoms with Gasteiger partial charge in [-0.2, -0.15) is 0 Å². The van der Waals surface area contributed by atoms with Crippen molar-refractivity contribution in [1.82, 2.24) is 4.98 Å². The van der Waals surface area contributed by atoms with Crippen molar-refractivity contribution >= 4 is 37.3 Å². The molecule has 0 unspecified atom stereocenters. The Labute approximate surface area is 121 Å². The molecule has 0 fully saturated rings. The maximum Gasteiger partial charge on any atom is 0.261 e. The van der Waals surface area contributed by atoms with Crippen LogP contribution in [0.3, 0.4) is 0 Å². The summed E-state index contributed by atoms with van der Waals surface area (Å²) >= 11 is 1.49. The van der Waals surface area contributed by atoms with Crippen molar-refractivity contribution in [3.8, 4) is 0 Å². The molecule has 0 aliphatic heterocycles. The number of rotatable bonds is 3. The first-order chi connectivity index (χ1) is 9.54. The normalized spacial score (nSPS) is 11.7. The van der Waals surface area contributed by atoms with E-state index in [1.165, 1.54) is 11.3 Å². The second-order valence-corrected chi connectivity index (χ2v) is 7.25. The van der Waals surface area contributed by atoms with Crippen molar-refractivity contribution < 1.29 is 8.42 Å². The van der Waals surface area contributed by atoms with Crippen LogP contribution in [-0.2, 0) is 10.0 Å². The molecule has 0 aliphatic carbocycles. The minimum atomic E-state index is -3.57. The molecule has 0 radical (unpaired) electrons. The van der Waals surface area contributed by atoms with Crippen molar-refractivity contribution in [2.75, 3.05) is 4.72 Å². The van der Waals surface area contributed by atoms with E-state index in [-0.39, 0.29) is 4.90 Å². The lowest BCUT2D eigenvalue weighted by Gasteiger charge is -2.07. The van der Waals surface area contributed by atoms with Gasteiger partial charge in [0.1, 0.15) is 0 Å². The van der Waals surface area contributed by atoms with E-state index in [0.29, 0.717) is 5.69 Å². The van der Waals surface area contributed by atoms with Gasteiger partial charge in [-0.05, 0) is 37.3 Å². The van der Waals surface area contributed by atoms with Gasteiger partial charge in [-0.15, -0.1) is 11.3 Å². The number of thiazole rings is 1. The molecule has 0 atom stereocenters. The number of sulfonamides is 1. The number of fused-ring (bicyclic) bond motifs is 1. The maximum absolute atomic E-state index is 12.3. The van der Waals surface area contributed by atoms with Gasteiger partial charge in [-0.3, -0.25) is 4.72 Å². The number of nitrogens with one attached hydrogen (secondary N) is 1. The number of aryl methyl sites for hydroxylation is 1. The zero-order chi connectivity index (χ0) is 14.2. The maximum atomic E-state index is 12.3. The fourth-order valence-corrected chi connectivity index (χ4v) is 3.93. The number of anilines is 1. The molecular formula is C14H12N2O2S2. The molecular weight excluding hydrogens is 292 g/mol. The zero-order valence-electron chi connectivity index (χ0n) is 10.7. The molecule has 0 saturated heterocycles. The number of hydrogen-bond donors (Lipinski definition) is 1. The quantitative estimate of drug-likeness (QED) is 0.806. The molecule has 0 aliphatic rings. The molecule has 102 valence electrons. The fourth-order valence-electron chi connectivity index (χ4n) is 1.91. The minimum Gasteiger partial charge on any atom is -0.280 e. The molecule has 0 amide bonds. The Balaban J connectivity index is 2.00. The molecule has 2 aromatic carbocycles. The molecule has 1 N–H and O–H groups in total. The lowest BCUT2D eigenvalue weighted by atomic mass is 10.3. The van der Waals surface area contributed by atoms with Crippen LogP contribution in [0.4, 0.5) is 5.69 Å². The van der Waals surface area contributed by atoms with Crippen molar-refractivity contribution in [1.29, 1.82) is 0 Å². The minimum absolute atomic E-state index is 0.248. The third kappa shape index (κ3) is 2.52. The van der Waals surface area contributed by atoms with Gasteiger partial charge in [-0.25, -0.2) is 13.4 Å². The summed E-state index contributed by atoms with van der Waals surface area (Å²) in [5.74, 6) is 0. The summed E-state index contributed by atoms with van der Waals surface area (Å²) in [6.07, 6.45) is 0. The standard InChI is InChI=1S/C14H12N2O2S2/c1-10-15-13-8-7-12(9-14(13)19-10)20(17,18)16-11-5-3-2-4-6-11/h2-9,16H,1H3. The first kappa shape index (κ1) is 13.1. The van der Waals surface area contributed by atoms with Crippen LogP contribution in [0.15, 0.2) is 53.4 Å². The lowest BCUT2D eigenvalue weighted by Crippen LogP contribution is -2.12. The van der Waals surface area contributed by atoms with Gasteiger partial charge in [0.15, 0.2) is 0 Å². The average molecular weight is 304 g/mol. The Morgan fingerprint density at radius 2 is 1.85 bits per heavy atom. The van der Waals surface area contributed by atoms with E-state index >= 15 is 0 Å². The van der Waals surface area contributed by atoms with E-state index in [4.69, 9.17) is 0 Å². The largest absolute Gasteiger partial charge is 0.280 e. The fraction of sp³-hybridized carbons (Fsp3) is 0.0714. The Bertz CT molecular complexity index is 855. The highest BCUT2D eigenvalue weighted by Crippen LogP contribution is 2.25. The van der Waals surface area contributed by atoms with E-state index in [0.717, 1.165) is 15.2 Å². The van der Waals surface area contributed by atoms with Crippen LogP contribution in [0.25, 0.3) is 10.2 Å². The van der Waals surface area contributed by atoms with Gasteiger partial charge < -0.3 is 0 Å². The topological polar surface area (TPSA) is 59.1 Å². The summed E-state index contributed by atoms with van der Waals surface area (Å²) < 4.78 is 28.1. The van der Waals surface area contributed by atoms with Crippen LogP contribution >= 0.6 is 11.3 Å². The summed E-state index contributed by atoms with van der Waals surface area (Å²) in [5, 5.41) is 0.922. The van der Waals surface area contributed by atoms with Crippen molar-refractivity contribution in [3.63, 3.8) is 0 Å². The van der Waals surface area contributed by atoms with Crippen LogP contribution in [0.1, 0.15) is 5.01 Å². The predicted molar refractivity (Wildman–Crippen MR) is 81.6 cm³/mol. The number of aromatic nitrogens is 1. The van der Waals surface area contributed by atoms with Gasteiger partial charge in [0, 0.05) is 5.69 Å². The molecule has 0 spiro atoms. The molecule has 3 aromatic rings. The number of para-hydroxylation sites is 1. The second-order valence-electron chi connectivity index (χ2n) is 4.33. The number of hydrogen-bond acceptors (Lipinski definition) is 4. The van der Waals surface area contributed by atoms with E-state index in [9.17, 15) is 8.42 Å². The zero-order valence-corrected chi connectivity index (χ0v) is 12.3. The van der Waals surface area contributed by atoms with Crippen LogP contribution < -0.4 is 4.72 Å². The van der Waals surface area contributed by atoms with Crippen molar-refractivity contribution in [3.05, 3.63) is 53.5 Å². The van der Waals surface area contributed by atoms with Gasteiger partial charge in [0.25, 0.3) is 10.0 Å². The Morgan fingerprint density at radius 1 is 1.10 bits per heavy atom. The molecule has 0 saturated carbocycles. The van der Waals surface area contributed by atoms with E-state index in [1.807, 2.05) is 13.0 Å². The monoisotopic (exact) mass is 304 g/mol. The third-order valence-electron chi connectivity index (χ3n) is 2.80. The Hall–Kier alpha value is -1.92. The first-order valence-electron chi connectivity index (χ1n) is 6.00. The molecule has 3 rings (SSSR count). The molecule has 6 heteroatoms. The molecule has 1 heterocycles. The first-order valence-corrected chi connectivity index (χ1v) is 8.30. The highest BCUT2D eigenvalue weighted by molar-refractivity contribution is 7.92. The predicted octanol–water partition coefficient (Wildman–Crippen LogP) is 3.41. The third-order valence-corrected chi connectivity index (χ3v) is 5.12. The molecule has 1 aromatic heterocycles. The Kier molecular flexibility index (Phi) is 3.19. The van der Waals surface area contributed by atoms with E-state index in [2.05, 4.69) is 9.71 Å². The number of nitrogens with zero attached hydrogens (tertiary/aromatic N) is 1. The van der Waals surface area contributed by atoms with Gasteiger partial charge in [0.2, 0.25) is 0 Å². The average Bonchev–Trinajstić information content (AvgIpc) is 2.78. The molecule has 4 nitrogen and oxygen atoms in total. The van der Waals surface area contributed by atoms with Gasteiger partial charge in [-0.1, -0.05) is 18.2 Å². The summed E-state index contributed by atoms with van der Waals surface area (Å²) in [6, 6.07) is 13.8. The van der Waals surface area contributed by atoms with Crippen molar-refractivity contribution in [2.45, 2.75) is 11.8 Å². The SMILES string of the molecule is Cc1nc2ccc(S(=O)(=O)Nc3ccccc3)cc2s1. The number of benzene rings is 2. The molecule has 0 bridgehead atoms. The van der Waals surface area contributed by atoms with E-state index < -0.39 is 10.0 Å². The highest BCUT2D eigenvalue weighted by atomic mass is 32.2. The van der Waals surface area contributed by atoms with Crippen LogP contribution in [-0.4, -0.2) is 13.4 Å². The van der Waals surface area contributed by atoms with Crippen LogP contribution in [0.5, 0.6) is 0 Å². The Morgan fingerprint density at radius 3 is 2.60 bits per heavy atom. The summed E-state index contributed by atoms with van der Waals surface area (Å²) in [5.41, 5.74) is 1.37. The molecule has 20 heavy (non-hydrogen) atoms. The van der Waals surface area contributed by atoms with Crippen LogP contribution in [0.2, 0.25) is 0 Å². The van der Waals surface area contributed by atoms with E-state index in [1.54, 1.807) is 42.5 Å². The summed E-state index contributed by atoms with van der Waals surface area (Å²) in [7, 11) is -3.57. The highest BCUT2D eigenvalue weighted by Gasteiger charge is 2.15. The van der Waals surface area contributed by atoms with Crippen LogP contribution in [0, 0.1) is 6.92 Å². The second kappa shape index (κ2) is 4.88. The lowest BCUT2D eigenvalue weighted by molar-refractivity contribution is 0.601. The summed E-state index contributed by atoms with van der Waals surface area (Å²) in [4.78, 5) is 4.57. The van der Waals surface area contributed by atoms with Gasteiger partial charge in [0.05, 0.1) is 20.1 Å². The summed E-state index contributed by atoms with van der Waals surface area (Å²) in [6.45, 7) is 1.90. The smallest absolute Gasteiger partial charge is 0.261 e. The van der Waals surface area contributed by atoms with Gasteiger partial charge >= 0.3 is 0 Å². The van der Waals surface area contributed by atoms with Crippen molar-refractivity contribution in [2.24, 2.45) is 0 Å².